The Balaban J connectivity index is 1.63. The van der Waals surface area contributed by atoms with Gasteiger partial charge in [0.25, 0.3) is 0 Å². The maximum Gasteiger partial charge on any atom is 0.0786 e. The number of rotatable bonds is 1. The third-order valence-corrected chi connectivity index (χ3v) is 7.97. The first kappa shape index (κ1) is 19.8. The quantitative estimate of drug-likeness (QED) is 0.224. The Morgan fingerprint density at radius 3 is 2.25 bits per heavy atom. The smallest absolute Gasteiger partial charge is 0.0786 e. The van der Waals surface area contributed by atoms with Crippen LogP contribution < -0.4 is 0 Å². The van der Waals surface area contributed by atoms with Crippen LogP contribution in [0.2, 0.25) is 0 Å². The van der Waals surface area contributed by atoms with Crippen LogP contribution in [0.3, 0.4) is 0 Å². The summed E-state index contributed by atoms with van der Waals surface area (Å²) in [5.41, 5.74) is 11.7. The zero-order valence-electron chi connectivity index (χ0n) is 20.3. The summed E-state index contributed by atoms with van der Waals surface area (Å²) in [6.07, 6.45) is 1.92. The minimum atomic E-state index is 1.08. The lowest BCUT2D eigenvalue weighted by molar-refractivity contribution is 1.43. The monoisotopic (exact) mass is 457 g/mol. The van der Waals surface area contributed by atoms with Crippen LogP contribution in [0, 0.1) is 13.8 Å². The predicted octanol–water partition coefficient (Wildman–Crippen LogP) is 9.63. The van der Waals surface area contributed by atoms with Gasteiger partial charge in [-0.15, -0.1) is 0 Å². The van der Waals surface area contributed by atoms with E-state index in [-0.39, 0.29) is 0 Å². The topological polar surface area (TPSA) is 12.9 Å². The Kier molecular flexibility index (Phi) is 3.86. The van der Waals surface area contributed by atoms with Crippen LogP contribution in [0.1, 0.15) is 11.1 Å². The fraction of sp³-hybridized carbons (Fsp3) is 0.0571. The van der Waals surface area contributed by atoms with Gasteiger partial charge in [-0.1, -0.05) is 96.6 Å². The molecule has 0 unspecified atom stereocenters. The summed E-state index contributed by atoms with van der Waals surface area (Å²) in [5, 5.41) is 9.03. The molecular weight excluding hydrogens is 434 g/mol. The van der Waals surface area contributed by atoms with Crippen molar-refractivity contribution >= 4 is 43.2 Å². The zero-order valence-corrected chi connectivity index (χ0v) is 20.3. The third kappa shape index (κ3) is 2.47. The molecule has 0 amide bonds. The number of benzene rings is 6. The van der Waals surface area contributed by atoms with Gasteiger partial charge < -0.3 is 0 Å². The maximum atomic E-state index is 4.92. The molecule has 0 aliphatic heterocycles. The first-order chi connectivity index (χ1) is 17.7. The Labute approximate surface area is 209 Å². The van der Waals surface area contributed by atoms with Gasteiger partial charge in [0, 0.05) is 22.5 Å². The molecule has 0 saturated carbocycles. The Morgan fingerprint density at radius 2 is 1.36 bits per heavy atom. The highest BCUT2D eigenvalue weighted by Crippen LogP contribution is 2.56. The number of pyridine rings is 1. The molecule has 0 atom stereocenters. The Bertz CT molecular complexity index is 2060. The second-order valence-corrected chi connectivity index (χ2v) is 10.1. The molecule has 0 saturated heterocycles. The van der Waals surface area contributed by atoms with E-state index in [0.29, 0.717) is 0 Å². The van der Waals surface area contributed by atoms with Gasteiger partial charge in [0.2, 0.25) is 0 Å². The van der Waals surface area contributed by atoms with Crippen LogP contribution in [-0.2, 0) is 0 Å². The summed E-state index contributed by atoms with van der Waals surface area (Å²) >= 11 is 0. The van der Waals surface area contributed by atoms with Crippen molar-refractivity contribution in [3.63, 3.8) is 0 Å². The number of hydrogen-bond acceptors (Lipinski definition) is 1. The molecule has 1 aliphatic carbocycles. The fourth-order valence-corrected chi connectivity index (χ4v) is 6.54. The molecule has 1 heterocycles. The van der Waals surface area contributed by atoms with E-state index in [9.17, 15) is 0 Å². The third-order valence-electron chi connectivity index (χ3n) is 7.97. The molecule has 36 heavy (non-hydrogen) atoms. The van der Waals surface area contributed by atoms with Gasteiger partial charge >= 0.3 is 0 Å². The summed E-state index contributed by atoms with van der Waals surface area (Å²) in [6.45, 7) is 4.45. The van der Waals surface area contributed by atoms with E-state index in [2.05, 4.69) is 105 Å². The lowest BCUT2D eigenvalue weighted by Gasteiger charge is -2.16. The van der Waals surface area contributed by atoms with Gasteiger partial charge in [0.05, 0.1) is 5.52 Å². The standard InChI is InChI=1S/C35H23N/c1-20-8-5-9-23(18-20)29-19-21(2)30-31-26(29)13-6-14-28(31)33-32(30)25-12-4-3-11-24(25)27-16-15-22-10-7-17-36-35(22)34(27)33/h3-19H,1-2H3. The highest BCUT2D eigenvalue weighted by Gasteiger charge is 2.29. The van der Waals surface area contributed by atoms with E-state index >= 15 is 0 Å². The van der Waals surface area contributed by atoms with Gasteiger partial charge in [-0.2, -0.15) is 0 Å². The van der Waals surface area contributed by atoms with Gasteiger partial charge in [-0.05, 0) is 80.2 Å². The highest BCUT2D eigenvalue weighted by atomic mass is 14.6. The van der Waals surface area contributed by atoms with Crippen LogP contribution in [0.15, 0.2) is 103 Å². The first-order valence-electron chi connectivity index (χ1n) is 12.6. The molecule has 0 N–H and O–H groups in total. The number of aromatic nitrogens is 1. The fourth-order valence-electron chi connectivity index (χ4n) is 6.54. The van der Waals surface area contributed by atoms with Gasteiger partial charge in [-0.25, -0.2) is 0 Å². The number of nitrogens with zero attached hydrogens (tertiary/aromatic N) is 1. The van der Waals surface area contributed by atoms with Crippen molar-refractivity contribution in [3.05, 3.63) is 114 Å². The lowest BCUT2D eigenvalue weighted by Crippen LogP contribution is -1.90. The summed E-state index contributed by atoms with van der Waals surface area (Å²) in [7, 11) is 0. The highest BCUT2D eigenvalue weighted by molar-refractivity contribution is 6.34. The number of hydrogen-bond donors (Lipinski definition) is 0. The van der Waals surface area contributed by atoms with E-state index < -0.39 is 0 Å². The minimum absolute atomic E-state index is 1.08. The van der Waals surface area contributed by atoms with Gasteiger partial charge in [0.15, 0.2) is 0 Å². The number of aryl methyl sites for hydroxylation is 2. The van der Waals surface area contributed by atoms with Crippen LogP contribution in [-0.4, -0.2) is 4.98 Å². The molecule has 1 aromatic heterocycles. The van der Waals surface area contributed by atoms with Crippen LogP contribution in [0.25, 0.3) is 76.6 Å². The van der Waals surface area contributed by atoms with Crippen molar-refractivity contribution in [2.45, 2.75) is 13.8 Å². The average Bonchev–Trinajstić information content (AvgIpc) is 3.27. The van der Waals surface area contributed by atoms with E-state index in [0.717, 1.165) is 5.52 Å². The zero-order chi connectivity index (χ0) is 24.0. The minimum Gasteiger partial charge on any atom is -0.256 e. The van der Waals surface area contributed by atoms with E-state index in [4.69, 9.17) is 4.98 Å². The molecule has 0 radical (unpaired) electrons. The summed E-state index contributed by atoms with van der Waals surface area (Å²) in [6, 6.07) is 35.7. The van der Waals surface area contributed by atoms with Gasteiger partial charge in [0.1, 0.15) is 0 Å². The largest absolute Gasteiger partial charge is 0.256 e. The molecule has 1 nitrogen and oxygen atoms in total. The van der Waals surface area contributed by atoms with E-state index in [1.54, 1.807) is 0 Å². The lowest BCUT2D eigenvalue weighted by atomic mass is 9.87. The predicted molar refractivity (Wildman–Crippen MR) is 154 cm³/mol. The van der Waals surface area contributed by atoms with Crippen molar-refractivity contribution < 1.29 is 0 Å². The van der Waals surface area contributed by atoms with Crippen LogP contribution >= 0.6 is 0 Å². The molecular formula is C35H23N. The molecule has 8 rings (SSSR count). The summed E-state index contributed by atoms with van der Waals surface area (Å²) in [4.78, 5) is 4.92. The molecule has 0 spiro atoms. The normalized spacial score (nSPS) is 12.2. The second kappa shape index (κ2) is 7.02. The number of fused-ring (bicyclic) bond motifs is 10. The van der Waals surface area contributed by atoms with Gasteiger partial charge in [-0.3, -0.25) is 4.98 Å². The van der Waals surface area contributed by atoms with Crippen molar-refractivity contribution in [1.29, 1.82) is 0 Å². The molecule has 1 aliphatic rings. The molecule has 168 valence electrons. The SMILES string of the molecule is Cc1cccc(-c2cc(C)c3c4c(cccc24)-c2c-3c3ccccc3c3ccc4cccnc4c23)c1. The van der Waals surface area contributed by atoms with Crippen LogP contribution in [0.4, 0.5) is 0 Å². The van der Waals surface area contributed by atoms with Crippen LogP contribution in [0.5, 0.6) is 0 Å². The summed E-state index contributed by atoms with van der Waals surface area (Å²) in [5.74, 6) is 0. The van der Waals surface area contributed by atoms with Crippen molar-refractivity contribution in [1.82, 2.24) is 4.98 Å². The Morgan fingerprint density at radius 1 is 0.528 bits per heavy atom. The molecule has 1 heteroatoms. The summed E-state index contributed by atoms with van der Waals surface area (Å²) < 4.78 is 0. The van der Waals surface area contributed by atoms with E-state index in [1.165, 1.54) is 82.2 Å². The molecule has 0 fully saturated rings. The maximum absolute atomic E-state index is 4.92. The second-order valence-electron chi connectivity index (χ2n) is 10.1. The molecule has 7 aromatic rings. The molecule has 0 bridgehead atoms. The molecule has 6 aromatic carbocycles. The Hall–Kier alpha value is -4.49. The van der Waals surface area contributed by atoms with E-state index in [1.807, 2.05) is 12.3 Å². The van der Waals surface area contributed by atoms with Crippen molar-refractivity contribution in [2.24, 2.45) is 0 Å². The van der Waals surface area contributed by atoms with Crippen molar-refractivity contribution in [2.75, 3.05) is 0 Å². The van der Waals surface area contributed by atoms with Crippen molar-refractivity contribution in [3.8, 4) is 33.4 Å². The average molecular weight is 458 g/mol. The first-order valence-corrected chi connectivity index (χ1v) is 12.6.